The molecule has 2 atom stereocenters. The van der Waals surface area contributed by atoms with Crippen LogP contribution in [0.15, 0.2) is 116 Å². The molecule has 0 fully saturated rings. The monoisotopic (exact) mass is 1180 g/mol. The lowest BCUT2D eigenvalue weighted by molar-refractivity contribution is -0.433. The average Bonchev–Trinajstić information content (AvgIpc) is 3.99. The summed E-state index contributed by atoms with van der Waals surface area (Å²) in [6.45, 7) is 7.44. The van der Waals surface area contributed by atoms with E-state index >= 15 is 0 Å². The molecule has 4 aromatic rings. The van der Waals surface area contributed by atoms with E-state index in [0.29, 0.717) is 85.1 Å². The number of ether oxygens (including phenoxy) is 3. The number of carboxylic acid groups (broad SMARTS) is 1. The summed E-state index contributed by atoms with van der Waals surface area (Å²) in [5, 5.41) is 9.21. The number of fused-ring (bicyclic) bond motifs is 6. The van der Waals surface area contributed by atoms with Gasteiger partial charge in [0.15, 0.2) is 5.71 Å². The Morgan fingerprint density at radius 3 is 1.82 bits per heavy atom. The van der Waals surface area contributed by atoms with E-state index in [1.54, 1.807) is 56.6 Å². The van der Waals surface area contributed by atoms with Crippen LogP contribution in [0.4, 0.5) is 11.4 Å². The molecule has 0 spiro atoms. The fourth-order valence-electron chi connectivity index (χ4n) is 10.4. The first kappa shape index (κ1) is 61.9. The van der Waals surface area contributed by atoms with Gasteiger partial charge in [0.25, 0.3) is 40.5 Å². The number of unbranched alkanes of at least 4 members (excludes halogenated alkanes) is 2. The number of carboxylic acids is 1. The van der Waals surface area contributed by atoms with Crippen molar-refractivity contribution in [1.82, 2.24) is 0 Å². The molecule has 2 aliphatic heterocycles. The summed E-state index contributed by atoms with van der Waals surface area (Å²) in [5.74, 6) is -1.67. The quantitative estimate of drug-likeness (QED) is 0.0170. The molecule has 2 unspecified atom stereocenters. The summed E-state index contributed by atoms with van der Waals surface area (Å²) in [5.41, 5.74) is 0.679. The van der Waals surface area contributed by atoms with E-state index in [1.165, 1.54) is 18.2 Å². The Labute approximate surface area is 454 Å². The van der Waals surface area contributed by atoms with Crippen LogP contribution in [0.1, 0.15) is 76.8 Å². The lowest BCUT2D eigenvalue weighted by Gasteiger charge is -2.31. The third-order valence-corrected chi connectivity index (χ3v) is 18.0. The standard InChI is InChI=1S/C51H62N2O20S5/c1-5-52-41-20-18-37-39(31-35(75(59,60)61)33-43(37)77(65,66)67)48(41)51(3,23-25-72-28-29-73-27-26-71-4)45(52)15-10-7-6-8-11-16-46-50(2,22-14-30-74(56,57)58)49-40-32-36(76(62,63)64)34-44(78(68,69)70)38(40)19-21-42(49)53(46)24-13-9-12-17-47(54)55/h6-8,10-11,15-16,18-21,31-34H,5,9,12-14,17,22-30H2,1-4H3,(H5-,54,55,56,57,58,59,60,61,62,63,64,65,66,67,68,69,70). The SMILES string of the molecule is CC[N+]1=C(/C=C/C=C/C=C/C=C2/N(CCCCCC(=O)O)c3ccc4c(S(=O)(=O)[O-])cc(S(=O)(=O)O)cc4c3C2(C)CCCS(=O)(=O)O)C(C)(CCOCCOCCOC)c2c1ccc1c(S(=O)(=O)O)cc(S(=O)(=O)O)cc21. The van der Waals surface area contributed by atoms with Crippen LogP contribution in [0.25, 0.3) is 21.5 Å². The molecule has 0 aliphatic carbocycles. The van der Waals surface area contributed by atoms with Gasteiger partial charge < -0.3 is 28.8 Å². The summed E-state index contributed by atoms with van der Waals surface area (Å²) in [4.78, 5) is 9.89. The molecule has 0 radical (unpaired) electrons. The highest BCUT2D eigenvalue weighted by atomic mass is 32.2. The van der Waals surface area contributed by atoms with Crippen LogP contribution in [-0.2, 0) is 80.4 Å². The van der Waals surface area contributed by atoms with E-state index < -0.39 is 92.7 Å². The van der Waals surface area contributed by atoms with Crippen LogP contribution < -0.4 is 4.90 Å². The van der Waals surface area contributed by atoms with Gasteiger partial charge >= 0.3 is 5.97 Å². The zero-order chi connectivity index (χ0) is 57.6. The van der Waals surface area contributed by atoms with Crippen LogP contribution in [0.3, 0.4) is 0 Å². The van der Waals surface area contributed by atoms with Crippen molar-refractivity contribution >= 4 is 95.2 Å². The van der Waals surface area contributed by atoms with Gasteiger partial charge in [0.2, 0.25) is 5.69 Å². The molecular weight excluding hydrogens is 1120 g/mol. The highest BCUT2D eigenvalue weighted by Crippen LogP contribution is 2.54. The van der Waals surface area contributed by atoms with Crippen LogP contribution in [0.5, 0.6) is 0 Å². The summed E-state index contributed by atoms with van der Waals surface area (Å²) in [6.07, 6.45) is 13.1. The number of rotatable bonds is 28. The first-order valence-corrected chi connectivity index (χ1v) is 31.8. The van der Waals surface area contributed by atoms with Gasteiger partial charge in [-0.1, -0.05) is 42.9 Å². The third kappa shape index (κ3) is 14.2. The smallest absolute Gasteiger partial charge is 0.303 e. The number of methoxy groups -OCH3 is 1. The van der Waals surface area contributed by atoms with Crippen molar-refractivity contribution < 1.29 is 93.5 Å². The molecular formula is C51H62N2O20S5. The van der Waals surface area contributed by atoms with E-state index in [4.69, 9.17) is 14.2 Å². The molecule has 6 rings (SSSR count). The Morgan fingerprint density at radius 2 is 1.23 bits per heavy atom. The van der Waals surface area contributed by atoms with Crippen LogP contribution in [0, 0.1) is 0 Å². The second kappa shape index (κ2) is 24.6. The normalized spacial score (nSPS) is 19.0. The molecule has 0 saturated carbocycles. The van der Waals surface area contributed by atoms with E-state index in [2.05, 4.69) is 0 Å². The molecule has 2 heterocycles. The van der Waals surface area contributed by atoms with Crippen LogP contribution in [-0.4, -0.2) is 145 Å². The van der Waals surface area contributed by atoms with Crippen molar-refractivity contribution in [1.29, 1.82) is 0 Å². The van der Waals surface area contributed by atoms with Gasteiger partial charge in [0.1, 0.15) is 21.6 Å². The number of anilines is 1. The Bertz CT molecular complexity index is 3720. The van der Waals surface area contributed by atoms with Crippen molar-refractivity contribution in [3.63, 3.8) is 0 Å². The molecule has 78 heavy (non-hydrogen) atoms. The Balaban J connectivity index is 1.44. The maximum absolute atomic E-state index is 12.7. The number of nitrogens with zero attached hydrogens (tertiary/aromatic N) is 2. The fraction of sp³-hybridized carbons (Fsp3) is 0.412. The minimum atomic E-state index is -5.36. The molecule has 0 saturated heterocycles. The molecule has 22 nitrogen and oxygen atoms in total. The summed E-state index contributed by atoms with van der Waals surface area (Å²) in [6, 6.07) is 9.43. The van der Waals surface area contributed by atoms with Gasteiger partial charge in [-0.15, -0.1) is 0 Å². The molecule has 0 amide bonds. The van der Waals surface area contributed by atoms with Gasteiger partial charge in [0.05, 0.1) is 52.3 Å². The molecule has 0 aromatic heterocycles. The Morgan fingerprint density at radius 1 is 0.654 bits per heavy atom. The summed E-state index contributed by atoms with van der Waals surface area (Å²) >= 11 is 0. The third-order valence-electron chi connectivity index (χ3n) is 13.8. The van der Waals surface area contributed by atoms with Crippen molar-refractivity contribution in [2.75, 3.05) is 63.9 Å². The van der Waals surface area contributed by atoms with Gasteiger partial charge in [-0.3, -0.25) is 23.0 Å². The predicted octanol–water partition coefficient (Wildman–Crippen LogP) is 6.73. The van der Waals surface area contributed by atoms with Crippen molar-refractivity contribution in [2.45, 2.75) is 96.1 Å². The van der Waals surface area contributed by atoms with E-state index in [1.807, 2.05) is 29.4 Å². The van der Waals surface area contributed by atoms with Crippen LogP contribution in [0.2, 0.25) is 0 Å². The number of allylic oxidation sites excluding steroid dienone is 8. The summed E-state index contributed by atoms with van der Waals surface area (Å²) < 4.78 is 196. The highest BCUT2D eigenvalue weighted by molar-refractivity contribution is 7.87. The molecule has 5 N–H and O–H groups in total. The Hall–Kier alpha value is -5.27. The highest BCUT2D eigenvalue weighted by Gasteiger charge is 2.49. The molecule has 4 aromatic carbocycles. The fourth-order valence-corrected chi connectivity index (χ4v) is 13.5. The minimum absolute atomic E-state index is 0.00982. The van der Waals surface area contributed by atoms with Gasteiger partial charge in [-0.25, -0.2) is 8.42 Å². The van der Waals surface area contributed by atoms with E-state index in [-0.39, 0.29) is 73.6 Å². The average molecular weight is 1180 g/mol. The lowest BCUT2D eigenvalue weighted by Crippen LogP contribution is -2.33. The predicted molar refractivity (Wildman–Crippen MR) is 288 cm³/mol. The van der Waals surface area contributed by atoms with Crippen molar-refractivity contribution in [3.05, 3.63) is 108 Å². The minimum Gasteiger partial charge on any atom is -0.744 e. The first-order chi connectivity index (χ1) is 36.4. The summed E-state index contributed by atoms with van der Waals surface area (Å²) in [7, 11) is -23.4. The largest absolute Gasteiger partial charge is 0.744 e. The number of carbonyl (C=O) groups is 1. The lowest BCUT2D eigenvalue weighted by atomic mass is 9.75. The number of hydrogen-bond donors (Lipinski definition) is 5. The second-order valence-electron chi connectivity index (χ2n) is 19.0. The first-order valence-electron chi connectivity index (χ1n) is 24.5. The maximum Gasteiger partial charge on any atom is 0.303 e. The van der Waals surface area contributed by atoms with E-state index in [9.17, 15) is 74.8 Å². The molecule has 27 heteroatoms. The van der Waals surface area contributed by atoms with Gasteiger partial charge in [0, 0.05) is 66.6 Å². The van der Waals surface area contributed by atoms with Gasteiger partial charge in [-0.05, 0) is 117 Å². The zero-order valence-corrected chi connectivity index (χ0v) is 47.1. The molecule has 0 bridgehead atoms. The van der Waals surface area contributed by atoms with Crippen LogP contribution >= 0.6 is 0 Å². The number of aliphatic carboxylic acids is 1. The topological polar surface area (TPSA) is 346 Å². The van der Waals surface area contributed by atoms with Crippen molar-refractivity contribution in [3.8, 4) is 0 Å². The second-order valence-corrected chi connectivity index (χ2v) is 26.2. The molecule has 2 aliphatic rings. The van der Waals surface area contributed by atoms with Crippen molar-refractivity contribution in [2.24, 2.45) is 0 Å². The Kier molecular flexibility index (Phi) is 19.5. The zero-order valence-electron chi connectivity index (χ0n) is 43.1. The maximum atomic E-state index is 12.7. The number of benzene rings is 4. The van der Waals surface area contributed by atoms with Gasteiger partial charge in [-0.2, -0.15) is 38.2 Å². The number of hydrogen-bond acceptors (Lipinski definition) is 16. The molecule has 426 valence electrons. The van der Waals surface area contributed by atoms with E-state index in [0.717, 1.165) is 12.1 Å².